The van der Waals surface area contributed by atoms with Crippen LogP contribution in [0.2, 0.25) is 0 Å². The van der Waals surface area contributed by atoms with Crippen LogP contribution in [0.5, 0.6) is 5.75 Å². The van der Waals surface area contributed by atoms with Gasteiger partial charge < -0.3 is 20.1 Å². The van der Waals surface area contributed by atoms with E-state index in [2.05, 4.69) is 16.0 Å². The second kappa shape index (κ2) is 7.80. The van der Waals surface area contributed by atoms with E-state index in [0.29, 0.717) is 34.1 Å². The van der Waals surface area contributed by atoms with E-state index in [-0.39, 0.29) is 5.60 Å². The maximum atomic E-state index is 9.76. The van der Waals surface area contributed by atoms with Crippen molar-refractivity contribution in [1.29, 1.82) is 5.26 Å². The van der Waals surface area contributed by atoms with Crippen molar-refractivity contribution in [3.63, 3.8) is 0 Å². The van der Waals surface area contributed by atoms with Gasteiger partial charge in [0.2, 0.25) is 0 Å². The number of nitrogen functional groups attached to an aromatic ring is 1. The normalized spacial score (nSPS) is 20.3. The van der Waals surface area contributed by atoms with E-state index >= 15 is 0 Å². The van der Waals surface area contributed by atoms with Crippen LogP contribution in [0.25, 0.3) is 22.1 Å². The Morgan fingerprint density at radius 1 is 1.26 bits per heavy atom. The molecule has 5 rings (SSSR count). The van der Waals surface area contributed by atoms with Gasteiger partial charge in [0.15, 0.2) is 0 Å². The van der Waals surface area contributed by atoms with E-state index in [1.807, 2.05) is 11.4 Å². The molecule has 0 radical (unpaired) electrons. The first kappa shape index (κ1) is 19.7. The number of nitrogens with two attached hydrogens (primary N) is 1. The highest BCUT2D eigenvalue weighted by atomic mass is 32.1. The zero-order valence-corrected chi connectivity index (χ0v) is 18.0. The number of hydrogen-bond donors (Lipinski definition) is 1. The number of ether oxygens (including phenoxy) is 2. The molecule has 2 fully saturated rings. The van der Waals surface area contributed by atoms with Gasteiger partial charge in [-0.2, -0.15) is 5.26 Å². The molecule has 3 aromatic heterocycles. The van der Waals surface area contributed by atoms with Crippen LogP contribution >= 0.6 is 11.3 Å². The average Bonchev–Trinajstić information content (AvgIpc) is 3.56. The molecular weight excluding hydrogens is 412 g/mol. The van der Waals surface area contributed by atoms with Gasteiger partial charge in [-0.25, -0.2) is 15.0 Å². The molecule has 2 aliphatic rings. The van der Waals surface area contributed by atoms with E-state index < -0.39 is 0 Å². The highest BCUT2D eigenvalue weighted by Gasteiger charge is 2.42. The van der Waals surface area contributed by atoms with E-state index in [9.17, 15) is 5.26 Å². The fraction of sp³-hybridized carbons (Fsp3) is 0.364. The van der Waals surface area contributed by atoms with Gasteiger partial charge in [0, 0.05) is 43.4 Å². The summed E-state index contributed by atoms with van der Waals surface area (Å²) in [5.41, 5.74) is 8.38. The summed E-state index contributed by atoms with van der Waals surface area (Å²) in [7, 11) is 1.62. The SMILES string of the molecule is COc1cc(-c2nc(-c3nccs3)cc(N)c2C#N)nc(N2CCC3(CCCO3)C2)c1. The molecular formula is C22H22N6O2S. The van der Waals surface area contributed by atoms with Crippen molar-refractivity contribution in [1.82, 2.24) is 15.0 Å². The Bertz CT molecular complexity index is 1150. The molecule has 9 heteroatoms. The lowest BCUT2D eigenvalue weighted by Gasteiger charge is -2.24. The predicted octanol–water partition coefficient (Wildman–Crippen LogP) is 3.49. The summed E-state index contributed by atoms with van der Waals surface area (Å²) in [5.74, 6) is 1.43. The van der Waals surface area contributed by atoms with Crippen LogP contribution in [0, 0.1) is 11.3 Å². The molecule has 31 heavy (non-hydrogen) atoms. The van der Waals surface area contributed by atoms with Crippen LogP contribution in [-0.4, -0.2) is 47.4 Å². The van der Waals surface area contributed by atoms with Crippen molar-refractivity contribution in [2.24, 2.45) is 0 Å². The number of nitriles is 1. The molecule has 2 saturated heterocycles. The molecule has 0 amide bonds. The Morgan fingerprint density at radius 3 is 2.87 bits per heavy atom. The molecule has 0 aliphatic carbocycles. The molecule has 0 saturated carbocycles. The molecule has 0 aromatic carbocycles. The summed E-state index contributed by atoms with van der Waals surface area (Å²) in [6, 6.07) is 7.57. The monoisotopic (exact) mass is 434 g/mol. The Kier molecular flexibility index (Phi) is 4.96. The summed E-state index contributed by atoms with van der Waals surface area (Å²) in [6.45, 7) is 2.48. The number of hydrogen-bond acceptors (Lipinski definition) is 9. The van der Waals surface area contributed by atoms with Crippen molar-refractivity contribution < 1.29 is 9.47 Å². The summed E-state index contributed by atoms with van der Waals surface area (Å²) < 4.78 is 11.6. The van der Waals surface area contributed by atoms with Gasteiger partial charge in [-0.3, -0.25) is 0 Å². The second-order valence-corrected chi connectivity index (χ2v) is 8.72. The minimum Gasteiger partial charge on any atom is -0.497 e. The number of aromatic nitrogens is 3. The maximum Gasteiger partial charge on any atom is 0.141 e. The minimum atomic E-state index is -0.0732. The third-order valence-corrected chi connectivity index (χ3v) is 6.70. The first-order valence-electron chi connectivity index (χ1n) is 10.2. The summed E-state index contributed by atoms with van der Waals surface area (Å²) >= 11 is 1.46. The van der Waals surface area contributed by atoms with E-state index in [4.69, 9.17) is 25.2 Å². The zero-order valence-electron chi connectivity index (χ0n) is 17.2. The van der Waals surface area contributed by atoms with Crippen LogP contribution in [0.3, 0.4) is 0 Å². The molecule has 0 bridgehead atoms. The first-order chi connectivity index (χ1) is 15.1. The van der Waals surface area contributed by atoms with Gasteiger partial charge in [0.25, 0.3) is 0 Å². The number of nitrogens with zero attached hydrogens (tertiary/aromatic N) is 5. The van der Waals surface area contributed by atoms with Crippen LogP contribution < -0.4 is 15.4 Å². The standard InChI is InChI=1S/C22H22N6O2S/c1-29-14-9-17(26-19(10-14)28-6-4-22(13-28)3-2-7-30-22)20-15(12-23)16(24)11-18(27-20)21-25-5-8-31-21/h5,8-11H,2-4,6-7,13H2,1H3,(H2,24,27). The molecule has 3 aromatic rings. The molecule has 2 N–H and O–H groups in total. The third kappa shape index (κ3) is 3.58. The molecule has 1 unspecified atom stereocenters. The van der Waals surface area contributed by atoms with Crippen LogP contribution in [0.15, 0.2) is 29.8 Å². The molecule has 1 spiro atoms. The minimum absolute atomic E-state index is 0.0732. The number of thiazole rings is 1. The average molecular weight is 435 g/mol. The number of pyridine rings is 2. The fourth-order valence-electron chi connectivity index (χ4n) is 4.34. The van der Waals surface area contributed by atoms with Crippen molar-refractivity contribution in [2.45, 2.75) is 24.9 Å². The van der Waals surface area contributed by atoms with Crippen LogP contribution in [0.4, 0.5) is 11.5 Å². The quantitative estimate of drug-likeness (QED) is 0.664. The Balaban J connectivity index is 1.59. The van der Waals surface area contributed by atoms with E-state index in [1.54, 1.807) is 25.4 Å². The van der Waals surface area contributed by atoms with Crippen molar-refractivity contribution in [2.75, 3.05) is 37.4 Å². The maximum absolute atomic E-state index is 9.76. The Hall–Kier alpha value is -3.22. The van der Waals surface area contributed by atoms with Gasteiger partial charge in [-0.05, 0) is 25.3 Å². The van der Waals surface area contributed by atoms with Crippen molar-refractivity contribution >= 4 is 22.8 Å². The molecule has 8 nitrogen and oxygen atoms in total. The largest absolute Gasteiger partial charge is 0.497 e. The lowest BCUT2D eigenvalue weighted by Crippen LogP contribution is -2.32. The van der Waals surface area contributed by atoms with Gasteiger partial charge in [-0.15, -0.1) is 11.3 Å². The summed E-state index contributed by atoms with van der Waals surface area (Å²) in [4.78, 5) is 16.1. The molecule has 5 heterocycles. The fourth-order valence-corrected chi connectivity index (χ4v) is 4.93. The van der Waals surface area contributed by atoms with Gasteiger partial charge in [0.05, 0.1) is 24.1 Å². The van der Waals surface area contributed by atoms with Crippen LogP contribution in [-0.2, 0) is 4.74 Å². The lowest BCUT2D eigenvalue weighted by molar-refractivity contribution is 0.0231. The van der Waals surface area contributed by atoms with Gasteiger partial charge in [-0.1, -0.05) is 0 Å². The number of rotatable bonds is 4. The van der Waals surface area contributed by atoms with Gasteiger partial charge in [0.1, 0.15) is 39.6 Å². The van der Waals surface area contributed by atoms with Crippen LogP contribution in [0.1, 0.15) is 24.8 Å². The summed E-state index contributed by atoms with van der Waals surface area (Å²) in [6.07, 6.45) is 4.87. The van der Waals surface area contributed by atoms with E-state index in [0.717, 1.165) is 49.8 Å². The first-order valence-corrected chi connectivity index (χ1v) is 11.0. The number of anilines is 2. The van der Waals surface area contributed by atoms with E-state index in [1.165, 1.54) is 11.3 Å². The zero-order chi connectivity index (χ0) is 21.4. The molecule has 158 valence electrons. The highest BCUT2D eigenvalue weighted by Crippen LogP contribution is 2.38. The van der Waals surface area contributed by atoms with Crippen molar-refractivity contribution in [3.05, 3.63) is 35.3 Å². The summed E-state index contributed by atoms with van der Waals surface area (Å²) in [5, 5.41) is 12.4. The topological polar surface area (TPSA) is 110 Å². The smallest absolute Gasteiger partial charge is 0.141 e. The van der Waals surface area contributed by atoms with Gasteiger partial charge >= 0.3 is 0 Å². The second-order valence-electron chi connectivity index (χ2n) is 7.83. The highest BCUT2D eigenvalue weighted by molar-refractivity contribution is 7.13. The molecule has 2 aliphatic heterocycles. The Morgan fingerprint density at radius 2 is 2.16 bits per heavy atom. The predicted molar refractivity (Wildman–Crippen MR) is 119 cm³/mol. The third-order valence-electron chi connectivity index (χ3n) is 5.90. The number of methoxy groups -OCH3 is 1. The van der Waals surface area contributed by atoms with Crippen molar-refractivity contribution in [3.8, 4) is 33.9 Å². The Labute approximate surface area is 184 Å². The lowest BCUT2D eigenvalue weighted by atomic mass is 10.00. The molecule has 1 atom stereocenters.